The van der Waals surface area contributed by atoms with Crippen LogP contribution in [0, 0.1) is 0 Å². The number of amidine groups is 1. The topological polar surface area (TPSA) is 32.7 Å². The number of aliphatic imine (C=N–C) groups is 1. The molecule has 4 heteroatoms. The van der Waals surface area contributed by atoms with E-state index >= 15 is 0 Å². The van der Waals surface area contributed by atoms with Crippen LogP contribution in [-0.4, -0.2) is 28.1 Å². The second-order valence-electron chi connectivity index (χ2n) is 10.0. The molecule has 2 aliphatic carbocycles. The van der Waals surface area contributed by atoms with Crippen LogP contribution < -0.4 is 0 Å². The first-order valence-electron chi connectivity index (χ1n) is 13.0. The van der Waals surface area contributed by atoms with Crippen LogP contribution in [0.5, 0.6) is 0 Å². The van der Waals surface area contributed by atoms with E-state index in [1.54, 1.807) is 11.8 Å². The summed E-state index contributed by atoms with van der Waals surface area (Å²) in [6, 6.07) is 19.9. The summed E-state index contributed by atoms with van der Waals surface area (Å²) in [4.78, 5) is 22.0. The maximum absolute atomic E-state index is 13.9. The molecular formula is C30H32N2OS. The summed E-state index contributed by atoms with van der Waals surface area (Å²) in [5, 5.41) is 5.78. The van der Waals surface area contributed by atoms with E-state index < -0.39 is 0 Å². The molecule has 0 unspecified atom stereocenters. The van der Waals surface area contributed by atoms with Gasteiger partial charge >= 0.3 is 0 Å². The third-order valence-electron chi connectivity index (χ3n) is 7.73. The molecule has 3 fully saturated rings. The standard InChI is InChI=1S/C30H32N2OS/c33-29-28(20-27-25-17-9-7-11-21(25)19-22-12-8-10-18-26(22)27)34-30(31-23-13-3-1-4-14-23)32(29)24-15-5-2-6-16-24/h7-12,17-20,23-24H,1-6,13-16H2. The van der Waals surface area contributed by atoms with Crippen molar-refractivity contribution in [2.75, 3.05) is 0 Å². The Morgan fingerprint density at radius 1 is 0.794 bits per heavy atom. The van der Waals surface area contributed by atoms with Gasteiger partial charge in [0.15, 0.2) is 5.17 Å². The summed E-state index contributed by atoms with van der Waals surface area (Å²) >= 11 is 1.61. The highest BCUT2D eigenvalue weighted by Gasteiger charge is 2.39. The Labute approximate surface area is 206 Å². The Kier molecular flexibility index (Phi) is 6.17. The summed E-state index contributed by atoms with van der Waals surface area (Å²) in [6.07, 6.45) is 14.2. The molecule has 3 aromatic rings. The molecule has 2 saturated carbocycles. The Balaban J connectivity index is 1.45. The van der Waals surface area contributed by atoms with Crippen molar-refractivity contribution in [2.45, 2.75) is 76.3 Å². The lowest BCUT2D eigenvalue weighted by atomic mass is 9.94. The SMILES string of the molecule is O=C1C(=Cc2c3ccccc3cc3ccccc23)SC(=NC2CCCCC2)N1C1CCCCC1. The minimum absolute atomic E-state index is 0.156. The normalized spacial score (nSPS) is 23.1. The largest absolute Gasteiger partial charge is 0.284 e. The molecule has 3 nitrogen and oxygen atoms in total. The fourth-order valence-electron chi connectivity index (χ4n) is 5.94. The van der Waals surface area contributed by atoms with Crippen LogP contribution in [0.25, 0.3) is 27.6 Å². The highest BCUT2D eigenvalue weighted by molar-refractivity contribution is 8.18. The summed E-state index contributed by atoms with van der Waals surface area (Å²) in [5.74, 6) is 0.156. The van der Waals surface area contributed by atoms with Crippen LogP contribution in [0.4, 0.5) is 0 Å². The highest BCUT2D eigenvalue weighted by atomic mass is 32.2. The lowest BCUT2D eigenvalue weighted by Gasteiger charge is -2.31. The van der Waals surface area contributed by atoms with Crippen molar-refractivity contribution in [1.82, 2.24) is 4.90 Å². The first-order chi connectivity index (χ1) is 16.8. The number of benzene rings is 3. The first-order valence-corrected chi connectivity index (χ1v) is 13.8. The molecule has 0 radical (unpaired) electrons. The van der Waals surface area contributed by atoms with Gasteiger partial charge in [-0.15, -0.1) is 0 Å². The third kappa shape index (κ3) is 4.17. The van der Waals surface area contributed by atoms with Gasteiger partial charge in [0.05, 0.1) is 10.9 Å². The molecule has 0 bridgehead atoms. The van der Waals surface area contributed by atoms with Gasteiger partial charge in [-0.05, 0) is 76.7 Å². The summed E-state index contributed by atoms with van der Waals surface area (Å²) in [5.41, 5.74) is 1.15. The quantitative estimate of drug-likeness (QED) is 0.289. The predicted molar refractivity (Wildman–Crippen MR) is 145 cm³/mol. The Morgan fingerprint density at radius 2 is 1.38 bits per heavy atom. The molecule has 6 rings (SSSR count). The molecule has 0 N–H and O–H groups in total. The second kappa shape index (κ2) is 9.58. The monoisotopic (exact) mass is 468 g/mol. The van der Waals surface area contributed by atoms with Gasteiger partial charge in [-0.1, -0.05) is 87.1 Å². The molecule has 3 aromatic carbocycles. The number of hydrogen-bond acceptors (Lipinski definition) is 3. The van der Waals surface area contributed by atoms with Gasteiger partial charge in [0, 0.05) is 6.04 Å². The number of amides is 1. The second-order valence-corrected chi connectivity index (χ2v) is 11.0. The zero-order valence-electron chi connectivity index (χ0n) is 19.7. The van der Waals surface area contributed by atoms with Crippen molar-refractivity contribution < 1.29 is 4.79 Å². The molecule has 3 aliphatic rings. The van der Waals surface area contributed by atoms with E-state index in [1.807, 2.05) is 0 Å². The lowest BCUT2D eigenvalue weighted by molar-refractivity contribution is -0.124. The third-order valence-corrected chi connectivity index (χ3v) is 8.73. The van der Waals surface area contributed by atoms with E-state index in [0.29, 0.717) is 12.1 Å². The molecule has 0 spiro atoms. The predicted octanol–water partition coefficient (Wildman–Crippen LogP) is 7.93. The fraction of sp³-hybridized carbons (Fsp3) is 0.400. The van der Waals surface area contributed by atoms with Crippen LogP contribution in [0.1, 0.15) is 69.8 Å². The molecule has 1 aliphatic heterocycles. The van der Waals surface area contributed by atoms with Crippen LogP contribution >= 0.6 is 11.8 Å². The van der Waals surface area contributed by atoms with Crippen LogP contribution in [0.2, 0.25) is 0 Å². The van der Waals surface area contributed by atoms with Gasteiger partial charge in [-0.3, -0.25) is 14.7 Å². The molecule has 0 aromatic heterocycles. The first kappa shape index (κ1) is 21.9. The van der Waals surface area contributed by atoms with Gasteiger partial charge in [0.1, 0.15) is 0 Å². The van der Waals surface area contributed by atoms with E-state index in [0.717, 1.165) is 41.3 Å². The molecule has 1 heterocycles. The van der Waals surface area contributed by atoms with Crippen molar-refractivity contribution in [1.29, 1.82) is 0 Å². The van der Waals surface area contributed by atoms with Gasteiger partial charge in [0.2, 0.25) is 0 Å². The van der Waals surface area contributed by atoms with Crippen molar-refractivity contribution in [3.05, 3.63) is 65.1 Å². The van der Waals surface area contributed by atoms with E-state index in [1.165, 1.54) is 60.1 Å². The number of carbonyl (C=O) groups excluding carboxylic acids is 1. The molecule has 1 saturated heterocycles. The molecule has 174 valence electrons. The minimum atomic E-state index is 0.156. The average molecular weight is 469 g/mol. The smallest absolute Gasteiger partial charge is 0.267 e. The Hall–Kier alpha value is -2.59. The molecule has 0 atom stereocenters. The molecule has 1 amide bonds. The van der Waals surface area contributed by atoms with Gasteiger partial charge in [-0.25, -0.2) is 0 Å². The zero-order chi connectivity index (χ0) is 22.9. The minimum Gasteiger partial charge on any atom is -0.284 e. The average Bonchev–Trinajstić information content (AvgIpc) is 3.19. The summed E-state index contributed by atoms with van der Waals surface area (Å²) in [6.45, 7) is 0. The van der Waals surface area contributed by atoms with Crippen molar-refractivity contribution in [3.8, 4) is 0 Å². The van der Waals surface area contributed by atoms with Gasteiger partial charge in [0.25, 0.3) is 5.91 Å². The van der Waals surface area contributed by atoms with Crippen LogP contribution in [-0.2, 0) is 4.79 Å². The van der Waals surface area contributed by atoms with Crippen molar-refractivity contribution in [3.63, 3.8) is 0 Å². The maximum atomic E-state index is 13.9. The highest BCUT2D eigenvalue weighted by Crippen LogP contribution is 2.40. The van der Waals surface area contributed by atoms with Crippen LogP contribution in [0.3, 0.4) is 0 Å². The van der Waals surface area contributed by atoms with Gasteiger partial charge < -0.3 is 0 Å². The Bertz CT molecular complexity index is 1230. The molecular weight excluding hydrogens is 436 g/mol. The number of hydrogen-bond donors (Lipinski definition) is 0. The van der Waals surface area contributed by atoms with Crippen molar-refractivity contribution >= 4 is 50.5 Å². The van der Waals surface area contributed by atoms with E-state index in [4.69, 9.17) is 4.99 Å². The number of nitrogens with zero attached hydrogens (tertiary/aromatic N) is 2. The Morgan fingerprint density at radius 3 is 2.03 bits per heavy atom. The summed E-state index contributed by atoms with van der Waals surface area (Å²) < 4.78 is 0. The number of fused-ring (bicyclic) bond motifs is 2. The van der Waals surface area contributed by atoms with E-state index in [2.05, 4.69) is 65.6 Å². The molecule has 34 heavy (non-hydrogen) atoms. The van der Waals surface area contributed by atoms with Crippen molar-refractivity contribution in [2.24, 2.45) is 4.99 Å². The number of carbonyl (C=O) groups is 1. The fourth-order valence-corrected chi connectivity index (χ4v) is 7.03. The zero-order valence-corrected chi connectivity index (χ0v) is 20.5. The number of rotatable bonds is 3. The van der Waals surface area contributed by atoms with E-state index in [9.17, 15) is 4.79 Å². The lowest BCUT2D eigenvalue weighted by Crippen LogP contribution is -2.41. The maximum Gasteiger partial charge on any atom is 0.267 e. The number of thioether (sulfide) groups is 1. The van der Waals surface area contributed by atoms with Gasteiger partial charge in [-0.2, -0.15) is 0 Å². The van der Waals surface area contributed by atoms with Crippen LogP contribution in [0.15, 0.2) is 64.5 Å². The van der Waals surface area contributed by atoms with E-state index in [-0.39, 0.29) is 5.91 Å². The summed E-state index contributed by atoms with van der Waals surface area (Å²) in [7, 11) is 0.